The van der Waals surface area contributed by atoms with Crippen LogP contribution in [0.15, 0.2) is 48.7 Å². The van der Waals surface area contributed by atoms with E-state index in [-0.39, 0.29) is 0 Å². The number of benzene rings is 1. The Balaban J connectivity index is 1.67. The molecule has 160 valence electrons. The minimum atomic E-state index is 0.372. The summed E-state index contributed by atoms with van der Waals surface area (Å²) < 4.78 is 1.86. The van der Waals surface area contributed by atoms with Crippen molar-refractivity contribution in [2.45, 2.75) is 40.0 Å². The van der Waals surface area contributed by atoms with Crippen molar-refractivity contribution in [2.75, 3.05) is 11.9 Å². The number of aromatic nitrogens is 4. The largest absolute Gasteiger partial charge is 0.369 e. The first-order valence-electron chi connectivity index (χ1n) is 11.1. The molecule has 0 spiro atoms. The lowest BCUT2D eigenvalue weighted by Crippen LogP contribution is -2.33. The molecule has 1 aliphatic rings. The molecule has 1 aliphatic carbocycles. The third kappa shape index (κ3) is 3.73. The maximum absolute atomic E-state index is 5.66. The molecule has 5 heteroatoms. The molecular formula is C27H27N5. The highest BCUT2D eigenvalue weighted by molar-refractivity contribution is 5.91. The van der Waals surface area contributed by atoms with Crippen molar-refractivity contribution >= 4 is 11.5 Å². The predicted molar refractivity (Wildman–Crippen MR) is 130 cm³/mol. The SMILES string of the molecule is C#Cc1cccc(-c2nn3ccc(NCC4(C)CCC4)nc3c2-c2cc(C)nc(C)c2)c1. The van der Waals surface area contributed by atoms with Gasteiger partial charge in [0.05, 0.1) is 5.56 Å². The van der Waals surface area contributed by atoms with Gasteiger partial charge < -0.3 is 5.32 Å². The summed E-state index contributed by atoms with van der Waals surface area (Å²) in [6, 6.07) is 14.1. The Morgan fingerprint density at radius 1 is 1.06 bits per heavy atom. The highest BCUT2D eigenvalue weighted by Gasteiger charge is 2.31. The Morgan fingerprint density at radius 2 is 1.84 bits per heavy atom. The van der Waals surface area contributed by atoms with Gasteiger partial charge in [0.2, 0.25) is 0 Å². The molecule has 0 saturated heterocycles. The fraction of sp³-hybridized carbons (Fsp3) is 0.296. The number of rotatable bonds is 5. The van der Waals surface area contributed by atoms with E-state index in [1.807, 2.05) is 54.9 Å². The number of hydrogen-bond donors (Lipinski definition) is 1. The second kappa shape index (κ2) is 7.80. The van der Waals surface area contributed by atoms with Crippen LogP contribution in [0.4, 0.5) is 5.82 Å². The predicted octanol–water partition coefficient (Wildman–Crippen LogP) is 5.66. The van der Waals surface area contributed by atoms with Crippen molar-refractivity contribution < 1.29 is 0 Å². The van der Waals surface area contributed by atoms with E-state index in [0.717, 1.165) is 57.3 Å². The van der Waals surface area contributed by atoms with E-state index in [1.54, 1.807) is 0 Å². The zero-order valence-electron chi connectivity index (χ0n) is 18.8. The number of fused-ring (bicyclic) bond motifs is 1. The van der Waals surface area contributed by atoms with Crippen LogP contribution in [0, 0.1) is 31.6 Å². The van der Waals surface area contributed by atoms with Crippen molar-refractivity contribution in [3.63, 3.8) is 0 Å². The van der Waals surface area contributed by atoms with Crippen molar-refractivity contribution in [3.8, 4) is 34.7 Å². The van der Waals surface area contributed by atoms with Crippen LogP contribution in [-0.2, 0) is 0 Å². The zero-order valence-corrected chi connectivity index (χ0v) is 18.8. The molecule has 4 aromatic rings. The first-order chi connectivity index (χ1) is 15.4. The number of anilines is 1. The minimum absolute atomic E-state index is 0.372. The molecule has 1 aromatic carbocycles. The molecule has 5 rings (SSSR count). The second-order valence-corrected chi connectivity index (χ2v) is 9.19. The number of terminal acetylenes is 1. The molecule has 1 N–H and O–H groups in total. The molecule has 0 atom stereocenters. The van der Waals surface area contributed by atoms with Gasteiger partial charge in [-0.25, -0.2) is 9.50 Å². The first kappa shape index (κ1) is 20.3. The number of hydrogen-bond acceptors (Lipinski definition) is 4. The van der Waals surface area contributed by atoms with Crippen LogP contribution in [0.25, 0.3) is 28.0 Å². The van der Waals surface area contributed by atoms with Crippen LogP contribution in [0.3, 0.4) is 0 Å². The Morgan fingerprint density at radius 3 is 2.53 bits per heavy atom. The number of nitrogens with zero attached hydrogens (tertiary/aromatic N) is 4. The van der Waals surface area contributed by atoms with Gasteiger partial charge in [-0.15, -0.1) is 6.42 Å². The lowest BCUT2D eigenvalue weighted by atomic mass is 9.70. The van der Waals surface area contributed by atoms with Crippen LogP contribution in [-0.4, -0.2) is 26.1 Å². The van der Waals surface area contributed by atoms with Gasteiger partial charge in [-0.05, 0) is 68.0 Å². The highest BCUT2D eigenvalue weighted by atomic mass is 15.3. The summed E-state index contributed by atoms with van der Waals surface area (Å²) in [4.78, 5) is 9.55. The molecule has 0 aliphatic heterocycles. The Kier molecular flexibility index (Phi) is 4.94. The maximum atomic E-state index is 5.66. The molecule has 0 amide bonds. The van der Waals surface area contributed by atoms with E-state index in [1.165, 1.54) is 19.3 Å². The number of aryl methyl sites for hydroxylation is 2. The average Bonchev–Trinajstić information content (AvgIpc) is 3.14. The molecule has 3 heterocycles. The maximum Gasteiger partial charge on any atom is 0.165 e. The van der Waals surface area contributed by atoms with Gasteiger partial charge in [0.15, 0.2) is 5.65 Å². The second-order valence-electron chi connectivity index (χ2n) is 9.19. The molecule has 0 bridgehead atoms. The molecule has 0 unspecified atom stereocenters. The van der Waals surface area contributed by atoms with Crippen LogP contribution < -0.4 is 5.32 Å². The van der Waals surface area contributed by atoms with Gasteiger partial charge in [-0.2, -0.15) is 5.10 Å². The highest BCUT2D eigenvalue weighted by Crippen LogP contribution is 2.40. The van der Waals surface area contributed by atoms with Crippen LogP contribution in [0.1, 0.15) is 43.1 Å². The number of nitrogens with one attached hydrogen (secondary N) is 1. The van der Waals surface area contributed by atoms with E-state index in [9.17, 15) is 0 Å². The summed E-state index contributed by atoms with van der Waals surface area (Å²) >= 11 is 0. The zero-order chi connectivity index (χ0) is 22.3. The van der Waals surface area contributed by atoms with Gasteiger partial charge >= 0.3 is 0 Å². The van der Waals surface area contributed by atoms with E-state index in [4.69, 9.17) is 16.5 Å². The van der Waals surface area contributed by atoms with Crippen molar-refractivity contribution in [1.82, 2.24) is 19.6 Å². The summed E-state index contributed by atoms with van der Waals surface area (Å²) in [6.07, 6.45) is 11.5. The Bertz CT molecular complexity index is 1330. The quantitative estimate of drug-likeness (QED) is 0.423. The fourth-order valence-electron chi connectivity index (χ4n) is 4.49. The lowest BCUT2D eigenvalue weighted by molar-refractivity contribution is 0.180. The summed E-state index contributed by atoms with van der Waals surface area (Å²) in [7, 11) is 0. The average molecular weight is 422 g/mol. The van der Waals surface area contributed by atoms with Crippen molar-refractivity contribution in [1.29, 1.82) is 0 Å². The summed E-state index contributed by atoms with van der Waals surface area (Å²) in [6.45, 7) is 7.30. The van der Waals surface area contributed by atoms with Crippen LogP contribution in [0.2, 0.25) is 0 Å². The molecule has 3 aromatic heterocycles. The summed E-state index contributed by atoms with van der Waals surface area (Å²) in [5, 5.41) is 8.47. The third-order valence-corrected chi connectivity index (χ3v) is 6.41. The topological polar surface area (TPSA) is 55.1 Å². The Hall–Kier alpha value is -3.65. The van der Waals surface area contributed by atoms with Gasteiger partial charge in [0.25, 0.3) is 0 Å². The van der Waals surface area contributed by atoms with Crippen LogP contribution >= 0.6 is 0 Å². The molecule has 0 radical (unpaired) electrons. The monoisotopic (exact) mass is 421 g/mol. The van der Waals surface area contributed by atoms with E-state index >= 15 is 0 Å². The standard InChI is InChI=1S/C27H27N5/c1-5-20-8-6-9-21(16-20)25-24(22-14-18(2)29-19(3)15-22)26-30-23(10-13-32(26)31-25)28-17-27(4)11-7-12-27/h1,6,8-10,13-16H,7,11-12,17H2,2-4H3,(H,28,30). The molecule has 1 fully saturated rings. The Labute approximate surface area is 188 Å². The smallest absolute Gasteiger partial charge is 0.165 e. The molecular weight excluding hydrogens is 394 g/mol. The van der Waals surface area contributed by atoms with Gasteiger partial charge in [0, 0.05) is 35.3 Å². The normalized spacial score (nSPS) is 14.7. The van der Waals surface area contributed by atoms with Gasteiger partial charge in [0.1, 0.15) is 11.5 Å². The van der Waals surface area contributed by atoms with Crippen LogP contribution in [0.5, 0.6) is 0 Å². The van der Waals surface area contributed by atoms with E-state index in [2.05, 4.69) is 35.3 Å². The van der Waals surface area contributed by atoms with E-state index in [0.29, 0.717) is 5.41 Å². The van der Waals surface area contributed by atoms with Gasteiger partial charge in [-0.3, -0.25) is 4.98 Å². The number of pyridine rings is 1. The summed E-state index contributed by atoms with van der Waals surface area (Å²) in [5.74, 6) is 3.60. The van der Waals surface area contributed by atoms with E-state index < -0.39 is 0 Å². The summed E-state index contributed by atoms with van der Waals surface area (Å²) in [5.41, 5.74) is 7.85. The van der Waals surface area contributed by atoms with Gasteiger partial charge in [-0.1, -0.05) is 31.4 Å². The molecule has 32 heavy (non-hydrogen) atoms. The molecule has 5 nitrogen and oxygen atoms in total. The molecule has 1 saturated carbocycles. The lowest BCUT2D eigenvalue weighted by Gasteiger charge is -2.38. The van der Waals surface area contributed by atoms with Crippen molar-refractivity contribution in [3.05, 3.63) is 65.6 Å². The minimum Gasteiger partial charge on any atom is -0.369 e. The van der Waals surface area contributed by atoms with Crippen molar-refractivity contribution in [2.24, 2.45) is 5.41 Å². The fourth-order valence-corrected chi connectivity index (χ4v) is 4.49. The third-order valence-electron chi connectivity index (χ3n) is 6.41. The first-order valence-corrected chi connectivity index (χ1v) is 11.1.